The largest absolute Gasteiger partial charge is 0.385 e. The Kier molecular flexibility index (Phi) is 5.35. The molecule has 13 heavy (non-hydrogen) atoms. The van der Waals surface area contributed by atoms with Crippen LogP contribution in [0.25, 0.3) is 0 Å². The van der Waals surface area contributed by atoms with Crippen LogP contribution in [0.4, 0.5) is 0 Å². The summed E-state index contributed by atoms with van der Waals surface area (Å²) in [6.45, 7) is 5.73. The molecule has 0 aromatic heterocycles. The Morgan fingerprint density at radius 3 is 2.69 bits per heavy atom. The molecule has 1 aliphatic rings. The predicted molar refractivity (Wildman–Crippen MR) is 55.0 cm³/mol. The molecule has 0 spiro atoms. The molecule has 0 radical (unpaired) electrons. The van der Waals surface area contributed by atoms with Gasteiger partial charge in [0, 0.05) is 20.3 Å². The summed E-state index contributed by atoms with van der Waals surface area (Å²) in [5, 5.41) is 3.30. The van der Waals surface area contributed by atoms with Crippen molar-refractivity contribution in [3.05, 3.63) is 0 Å². The molecule has 1 aliphatic heterocycles. The molecule has 0 atom stereocenters. The summed E-state index contributed by atoms with van der Waals surface area (Å²) in [6, 6.07) is 0. The molecule has 0 amide bonds. The first-order valence-corrected chi connectivity index (χ1v) is 5.21. The molecule has 0 aromatic carbocycles. The summed E-state index contributed by atoms with van der Waals surface area (Å²) in [5.74, 6) is 0.935. The molecule has 78 valence electrons. The van der Waals surface area contributed by atoms with Gasteiger partial charge in [0.1, 0.15) is 0 Å². The smallest absolute Gasteiger partial charge is 0.0474 e. The topological polar surface area (TPSA) is 24.5 Å². The molecule has 1 fully saturated rings. The van der Waals surface area contributed by atoms with Gasteiger partial charge in [-0.3, -0.25) is 0 Å². The van der Waals surface area contributed by atoms with E-state index in [0.717, 1.165) is 25.5 Å². The molecule has 0 unspecified atom stereocenters. The molecule has 1 N–H and O–H groups in total. The summed E-state index contributed by atoms with van der Waals surface area (Å²) in [7, 11) is 3.96. The lowest BCUT2D eigenvalue weighted by Crippen LogP contribution is -2.43. The molecule has 3 nitrogen and oxygen atoms in total. The van der Waals surface area contributed by atoms with E-state index < -0.39 is 0 Å². The fourth-order valence-corrected chi connectivity index (χ4v) is 1.55. The number of methoxy groups -OCH3 is 1. The molecule has 0 aromatic rings. The van der Waals surface area contributed by atoms with E-state index in [1.54, 1.807) is 7.11 Å². The number of hydrogen-bond acceptors (Lipinski definition) is 3. The van der Waals surface area contributed by atoms with Crippen LogP contribution in [-0.4, -0.2) is 51.8 Å². The maximum atomic E-state index is 5.01. The minimum Gasteiger partial charge on any atom is -0.385 e. The summed E-state index contributed by atoms with van der Waals surface area (Å²) in [4.78, 5) is 2.40. The quantitative estimate of drug-likeness (QED) is 0.588. The van der Waals surface area contributed by atoms with Gasteiger partial charge in [-0.25, -0.2) is 0 Å². The lowest BCUT2D eigenvalue weighted by atomic mass is 9.99. The number of nitrogens with zero attached hydrogens (tertiary/aromatic N) is 1. The highest BCUT2D eigenvalue weighted by Gasteiger charge is 2.16. The van der Waals surface area contributed by atoms with Gasteiger partial charge in [-0.2, -0.15) is 0 Å². The van der Waals surface area contributed by atoms with Gasteiger partial charge in [-0.15, -0.1) is 0 Å². The molecular formula is C10H22N2O. The second kappa shape index (κ2) is 6.35. The van der Waals surface area contributed by atoms with Crippen LogP contribution < -0.4 is 5.32 Å². The van der Waals surface area contributed by atoms with Crippen LogP contribution in [-0.2, 0) is 4.74 Å². The van der Waals surface area contributed by atoms with Gasteiger partial charge in [-0.05, 0) is 45.4 Å². The van der Waals surface area contributed by atoms with E-state index in [0.29, 0.717) is 0 Å². The van der Waals surface area contributed by atoms with Gasteiger partial charge >= 0.3 is 0 Å². The van der Waals surface area contributed by atoms with Crippen LogP contribution in [0.5, 0.6) is 0 Å². The zero-order chi connectivity index (χ0) is 9.52. The van der Waals surface area contributed by atoms with Crippen molar-refractivity contribution in [1.29, 1.82) is 0 Å². The molecule has 0 aliphatic carbocycles. The second-order valence-corrected chi connectivity index (χ2v) is 3.96. The summed E-state index contributed by atoms with van der Waals surface area (Å²) in [5.41, 5.74) is 0. The number of nitrogens with one attached hydrogen (secondary N) is 1. The van der Waals surface area contributed by atoms with Crippen LogP contribution in [0, 0.1) is 5.92 Å². The van der Waals surface area contributed by atoms with Gasteiger partial charge in [-0.1, -0.05) is 0 Å². The summed E-state index contributed by atoms with van der Waals surface area (Å²) >= 11 is 0. The van der Waals surface area contributed by atoms with Gasteiger partial charge in [0.2, 0.25) is 0 Å². The van der Waals surface area contributed by atoms with E-state index in [1.165, 1.54) is 26.1 Å². The number of rotatable bonds is 7. The normalized spacial score (nSPS) is 17.8. The fourth-order valence-electron chi connectivity index (χ4n) is 1.55. The Balaban J connectivity index is 1.87. The molecular weight excluding hydrogens is 164 g/mol. The van der Waals surface area contributed by atoms with Crippen LogP contribution in [0.3, 0.4) is 0 Å². The van der Waals surface area contributed by atoms with E-state index in [9.17, 15) is 0 Å². The van der Waals surface area contributed by atoms with E-state index >= 15 is 0 Å². The maximum absolute atomic E-state index is 5.01. The minimum atomic E-state index is 0.884. The van der Waals surface area contributed by atoms with Crippen molar-refractivity contribution in [2.45, 2.75) is 12.8 Å². The number of ether oxygens (including phenoxy) is 1. The molecule has 1 saturated heterocycles. The van der Waals surface area contributed by atoms with Crippen molar-refractivity contribution in [2.24, 2.45) is 5.92 Å². The Morgan fingerprint density at radius 2 is 2.15 bits per heavy atom. The highest BCUT2D eigenvalue weighted by molar-refractivity contribution is 4.75. The second-order valence-electron chi connectivity index (χ2n) is 3.96. The highest BCUT2D eigenvalue weighted by Crippen LogP contribution is 2.08. The van der Waals surface area contributed by atoms with Crippen molar-refractivity contribution in [3.63, 3.8) is 0 Å². The van der Waals surface area contributed by atoms with Crippen molar-refractivity contribution in [3.8, 4) is 0 Å². The monoisotopic (exact) mass is 186 g/mol. The molecule has 1 rings (SSSR count). The van der Waals surface area contributed by atoms with E-state index in [-0.39, 0.29) is 0 Å². The van der Waals surface area contributed by atoms with E-state index in [4.69, 9.17) is 4.74 Å². The first-order valence-electron chi connectivity index (χ1n) is 5.21. The third-order valence-electron chi connectivity index (χ3n) is 2.67. The first kappa shape index (κ1) is 11.0. The lowest BCUT2D eigenvalue weighted by molar-refractivity contribution is 0.175. The maximum Gasteiger partial charge on any atom is 0.0474 e. The van der Waals surface area contributed by atoms with Gasteiger partial charge in [0.05, 0.1) is 0 Å². The Bertz CT molecular complexity index is 126. The third-order valence-corrected chi connectivity index (χ3v) is 2.67. The Hall–Kier alpha value is -0.120. The van der Waals surface area contributed by atoms with Crippen molar-refractivity contribution < 1.29 is 4.74 Å². The van der Waals surface area contributed by atoms with Crippen molar-refractivity contribution in [2.75, 3.05) is 46.9 Å². The van der Waals surface area contributed by atoms with E-state index in [1.807, 2.05) is 0 Å². The molecule has 0 saturated carbocycles. The molecule has 0 bridgehead atoms. The Morgan fingerprint density at radius 1 is 1.38 bits per heavy atom. The van der Waals surface area contributed by atoms with Crippen molar-refractivity contribution >= 4 is 0 Å². The predicted octanol–water partition coefficient (Wildman–Crippen LogP) is 0.564. The van der Waals surface area contributed by atoms with Gasteiger partial charge < -0.3 is 15.0 Å². The lowest BCUT2D eigenvalue weighted by Gasteiger charge is -2.28. The van der Waals surface area contributed by atoms with Crippen LogP contribution in [0.15, 0.2) is 0 Å². The zero-order valence-corrected chi connectivity index (χ0v) is 8.88. The Labute approximate surface area is 81.4 Å². The number of hydrogen-bond donors (Lipinski definition) is 1. The van der Waals surface area contributed by atoms with Gasteiger partial charge in [0.15, 0.2) is 0 Å². The third kappa shape index (κ3) is 4.60. The van der Waals surface area contributed by atoms with E-state index in [2.05, 4.69) is 17.3 Å². The van der Waals surface area contributed by atoms with Gasteiger partial charge in [0.25, 0.3) is 0 Å². The minimum absolute atomic E-state index is 0.884. The highest BCUT2D eigenvalue weighted by atomic mass is 16.5. The fraction of sp³-hybridized carbons (Fsp3) is 1.00. The summed E-state index contributed by atoms with van der Waals surface area (Å²) in [6.07, 6.45) is 2.49. The average Bonchev–Trinajstić information content (AvgIpc) is 2.02. The standard InChI is InChI=1S/C10H22N2O/c1-12(5-3-7-13-2)6-4-10-8-11-9-10/h10-11H,3-9H2,1-2H3. The molecule has 3 heteroatoms. The van der Waals surface area contributed by atoms with Crippen LogP contribution in [0.2, 0.25) is 0 Å². The summed E-state index contributed by atoms with van der Waals surface area (Å²) < 4.78 is 5.01. The van der Waals surface area contributed by atoms with Crippen LogP contribution in [0.1, 0.15) is 12.8 Å². The molecule has 1 heterocycles. The first-order chi connectivity index (χ1) is 6.33. The zero-order valence-electron chi connectivity index (χ0n) is 8.88. The average molecular weight is 186 g/mol. The van der Waals surface area contributed by atoms with Crippen LogP contribution >= 0.6 is 0 Å². The van der Waals surface area contributed by atoms with Crippen molar-refractivity contribution in [1.82, 2.24) is 10.2 Å². The SMILES string of the molecule is COCCCN(C)CCC1CNC1.